The minimum atomic E-state index is -1.06. The number of halogens is 1. The van der Waals surface area contributed by atoms with Crippen molar-refractivity contribution in [3.05, 3.63) is 0 Å². The molecule has 1 aliphatic rings. The van der Waals surface area contributed by atoms with Gasteiger partial charge in [0.1, 0.15) is 5.67 Å². The number of rotatable bonds is 4. The fourth-order valence-corrected chi connectivity index (χ4v) is 2.51. The molecule has 1 nitrogen and oxygen atoms in total. The van der Waals surface area contributed by atoms with Gasteiger partial charge in [0.25, 0.3) is 0 Å². The summed E-state index contributed by atoms with van der Waals surface area (Å²) in [4.78, 5) is 0. The van der Waals surface area contributed by atoms with E-state index in [0.29, 0.717) is 6.42 Å². The summed E-state index contributed by atoms with van der Waals surface area (Å²) in [6.07, 6.45) is 7.32. The Balaban J connectivity index is 2.51. The lowest BCUT2D eigenvalue weighted by atomic mass is 9.76. The Morgan fingerprint density at radius 2 is 1.92 bits per heavy atom. The largest absolute Gasteiger partial charge is 0.328 e. The standard InChI is InChI=1S/C11H22FN/c1-2-8-11(12,9-13)10-6-4-3-5-7-10/h10H,2-9,13H2,1H3. The summed E-state index contributed by atoms with van der Waals surface area (Å²) in [5, 5.41) is 0. The third-order valence-corrected chi connectivity index (χ3v) is 3.34. The summed E-state index contributed by atoms with van der Waals surface area (Å²) in [5.74, 6) is 0.242. The van der Waals surface area contributed by atoms with Crippen LogP contribution in [-0.4, -0.2) is 12.2 Å². The summed E-state index contributed by atoms with van der Waals surface area (Å²) in [6, 6.07) is 0. The molecule has 1 unspecified atom stereocenters. The maximum atomic E-state index is 14.3. The molecule has 0 aromatic heterocycles. The SMILES string of the molecule is CCCC(F)(CN)C1CCCCC1. The molecular weight excluding hydrogens is 165 g/mol. The molecule has 0 saturated heterocycles. The second kappa shape index (κ2) is 4.94. The molecule has 0 heterocycles. The minimum absolute atomic E-state index is 0.214. The highest BCUT2D eigenvalue weighted by atomic mass is 19.1. The number of nitrogens with two attached hydrogens (primary N) is 1. The van der Waals surface area contributed by atoms with E-state index in [1.807, 2.05) is 6.92 Å². The highest BCUT2D eigenvalue weighted by Gasteiger charge is 2.37. The quantitative estimate of drug-likeness (QED) is 0.719. The van der Waals surface area contributed by atoms with Gasteiger partial charge >= 0.3 is 0 Å². The van der Waals surface area contributed by atoms with E-state index < -0.39 is 5.67 Å². The van der Waals surface area contributed by atoms with Crippen LogP contribution in [0.2, 0.25) is 0 Å². The van der Waals surface area contributed by atoms with Crippen molar-refractivity contribution < 1.29 is 4.39 Å². The van der Waals surface area contributed by atoms with Gasteiger partial charge in [0.2, 0.25) is 0 Å². The number of hydrogen-bond donors (Lipinski definition) is 1. The van der Waals surface area contributed by atoms with E-state index in [1.165, 1.54) is 19.3 Å². The van der Waals surface area contributed by atoms with Crippen molar-refractivity contribution in [1.29, 1.82) is 0 Å². The van der Waals surface area contributed by atoms with Crippen molar-refractivity contribution in [2.45, 2.75) is 57.5 Å². The number of hydrogen-bond acceptors (Lipinski definition) is 1. The van der Waals surface area contributed by atoms with Crippen LogP contribution < -0.4 is 5.73 Å². The third-order valence-electron chi connectivity index (χ3n) is 3.34. The van der Waals surface area contributed by atoms with Crippen LogP contribution in [0.5, 0.6) is 0 Å². The van der Waals surface area contributed by atoms with Crippen LogP contribution in [0.1, 0.15) is 51.9 Å². The first-order valence-electron chi connectivity index (χ1n) is 5.62. The van der Waals surface area contributed by atoms with Crippen molar-refractivity contribution in [2.75, 3.05) is 6.54 Å². The van der Waals surface area contributed by atoms with E-state index >= 15 is 0 Å². The molecule has 0 radical (unpaired) electrons. The molecule has 13 heavy (non-hydrogen) atoms. The van der Waals surface area contributed by atoms with Gasteiger partial charge in [-0.15, -0.1) is 0 Å². The lowest BCUT2D eigenvalue weighted by Crippen LogP contribution is -2.41. The highest BCUT2D eigenvalue weighted by Crippen LogP contribution is 2.37. The van der Waals surface area contributed by atoms with Crippen LogP contribution in [0, 0.1) is 5.92 Å². The van der Waals surface area contributed by atoms with Crippen molar-refractivity contribution in [3.8, 4) is 0 Å². The Bertz CT molecular complexity index is 143. The monoisotopic (exact) mass is 187 g/mol. The molecule has 1 aliphatic carbocycles. The molecule has 78 valence electrons. The zero-order valence-corrected chi connectivity index (χ0v) is 8.69. The normalized spacial score (nSPS) is 24.2. The van der Waals surface area contributed by atoms with Crippen molar-refractivity contribution in [2.24, 2.45) is 11.7 Å². The van der Waals surface area contributed by atoms with Gasteiger partial charge in [-0.1, -0.05) is 32.6 Å². The maximum Gasteiger partial charge on any atom is 0.126 e. The second-order valence-corrected chi connectivity index (χ2v) is 4.32. The Labute approximate surface area is 80.9 Å². The zero-order valence-electron chi connectivity index (χ0n) is 8.69. The van der Waals surface area contributed by atoms with Crippen LogP contribution >= 0.6 is 0 Å². The molecule has 1 fully saturated rings. The summed E-state index contributed by atoms with van der Waals surface area (Å²) in [7, 11) is 0. The lowest BCUT2D eigenvalue weighted by Gasteiger charge is -2.35. The molecule has 0 aliphatic heterocycles. The van der Waals surface area contributed by atoms with Gasteiger partial charge in [-0.3, -0.25) is 0 Å². The Hall–Kier alpha value is -0.110. The van der Waals surface area contributed by atoms with E-state index in [9.17, 15) is 4.39 Å². The van der Waals surface area contributed by atoms with Crippen molar-refractivity contribution in [1.82, 2.24) is 0 Å². The molecule has 2 heteroatoms. The van der Waals surface area contributed by atoms with Gasteiger partial charge in [0.15, 0.2) is 0 Å². The first-order valence-corrected chi connectivity index (χ1v) is 5.62. The summed E-state index contributed by atoms with van der Waals surface area (Å²) in [5.41, 5.74) is 4.49. The van der Waals surface area contributed by atoms with Gasteiger partial charge < -0.3 is 5.73 Å². The molecule has 1 saturated carbocycles. The van der Waals surface area contributed by atoms with Gasteiger partial charge in [-0.05, 0) is 25.2 Å². The highest BCUT2D eigenvalue weighted by molar-refractivity contribution is 4.89. The lowest BCUT2D eigenvalue weighted by molar-refractivity contribution is 0.0546. The summed E-state index contributed by atoms with van der Waals surface area (Å²) in [6.45, 7) is 2.25. The Morgan fingerprint density at radius 3 is 2.38 bits per heavy atom. The maximum absolute atomic E-state index is 14.3. The van der Waals surface area contributed by atoms with Crippen LogP contribution in [0.25, 0.3) is 0 Å². The van der Waals surface area contributed by atoms with E-state index in [1.54, 1.807) is 0 Å². The fraction of sp³-hybridized carbons (Fsp3) is 1.00. The smallest absolute Gasteiger partial charge is 0.126 e. The van der Waals surface area contributed by atoms with Crippen molar-refractivity contribution >= 4 is 0 Å². The van der Waals surface area contributed by atoms with Gasteiger partial charge in [0, 0.05) is 6.54 Å². The van der Waals surface area contributed by atoms with Crippen molar-refractivity contribution in [3.63, 3.8) is 0 Å². The summed E-state index contributed by atoms with van der Waals surface area (Å²) < 4.78 is 14.3. The minimum Gasteiger partial charge on any atom is -0.328 e. The Morgan fingerprint density at radius 1 is 1.31 bits per heavy atom. The van der Waals surface area contributed by atoms with E-state index in [-0.39, 0.29) is 12.5 Å². The molecular formula is C11H22FN. The molecule has 0 aromatic carbocycles. The van der Waals surface area contributed by atoms with Crippen LogP contribution in [0.4, 0.5) is 4.39 Å². The van der Waals surface area contributed by atoms with E-state index in [4.69, 9.17) is 5.73 Å². The van der Waals surface area contributed by atoms with Gasteiger partial charge in [-0.25, -0.2) is 4.39 Å². The average Bonchev–Trinajstić information content (AvgIpc) is 2.19. The van der Waals surface area contributed by atoms with Crippen LogP contribution in [0.3, 0.4) is 0 Å². The van der Waals surface area contributed by atoms with Crippen LogP contribution in [-0.2, 0) is 0 Å². The molecule has 1 atom stereocenters. The fourth-order valence-electron chi connectivity index (χ4n) is 2.51. The van der Waals surface area contributed by atoms with Crippen LogP contribution in [0.15, 0.2) is 0 Å². The van der Waals surface area contributed by atoms with E-state index in [2.05, 4.69) is 0 Å². The second-order valence-electron chi connectivity index (χ2n) is 4.32. The van der Waals surface area contributed by atoms with E-state index in [0.717, 1.165) is 19.3 Å². The first kappa shape index (κ1) is 11.0. The average molecular weight is 187 g/mol. The van der Waals surface area contributed by atoms with Gasteiger partial charge in [0.05, 0.1) is 0 Å². The Kier molecular flexibility index (Phi) is 4.17. The molecule has 0 spiro atoms. The number of alkyl halides is 1. The molecule has 2 N–H and O–H groups in total. The molecule has 0 bridgehead atoms. The summed E-state index contributed by atoms with van der Waals surface area (Å²) >= 11 is 0. The predicted octanol–water partition coefficient (Wildman–Crippen LogP) is 3.03. The molecule has 0 aromatic rings. The predicted molar refractivity (Wildman–Crippen MR) is 54.4 cm³/mol. The topological polar surface area (TPSA) is 26.0 Å². The molecule has 0 amide bonds. The first-order chi connectivity index (χ1) is 6.23. The zero-order chi connectivity index (χ0) is 9.73. The third kappa shape index (κ3) is 2.67. The van der Waals surface area contributed by atoms with Gasteiger partial charge in [-0.2, -0.15) is 0 Å². The molecule has 1 rings (SSSR count).